The van der Waals surface area contributed by atoms with Gasteiger partial charge in [0.25, 0.3) is 10.0 Å². The lowest BCUT2D eigenvalue weighted by molar-refractivity contribution is -0.141. The van der Waals surface area contributed by atoms with Crippen LogP contribution in [0.3, 0.4) is 0 Å². The molecule has 1 atom stereocenters. The third-order valence-corrected chi connectivity index (χ3v) is 8.73. The first-order valence-electron chi connectivity index (χ1n) is 13.7. The van der Waals surface area contributed by atoms with E-state index in [-0.39, 0.29) is 28.6 Å². The largest absolute Gasteiger partial charge is 0.494 e. The van der Waals surface area contributed by atoms with Crippen molar-refractivity contribution < 1.29 is 27.1 Å². The van der Waals surface area contributed by atoms with Crippen molar-refractivity contribution in [2.45, 2.75) is 64.1 Å². The average molecular weight is 653 g/mol. The number of hydrogen-bond acceptors (Lipinski definition) is 5. The summed E-state index contributed by atoms with van der Waals surface area (Å²) in [5.41, 5.74) is -0.00158. The van der Waals surface area contributed by atoms with E-state index in [4.69, 9.17) is 27.9 Å². The maximum absolute atomic E-state index is 14.1. The number of anilines is 1. The van der Waals surface area contributed by atoms with E-state index < -0.39 is 45.8 Å². The Labute approximate surface area is 262 Å². The van der Waals surface area contributed by atoms with Crippen molar-refractivity contribution in [3.8, 4) is 5.75 Å². The minimum Gasteiger partial charge on any atom is -0.494 e. The highest BCUT2D eigenvalue weighted by atomic mass is 35.5. The zero-order valence-electron chi connectivity index (χ0n) is 24.7. The number of amides is 2. The van der Waals surface area contributed by atoms with Crippen molar-refractivity contribution in [1.82, 2.24) is 10.2 Å². The molecule has 0 bridgehead atoms. The Morgan fingerprint density at radius 1 is 0.977 bits per heavy atom. The number of nitrogens with one attached hydrogen (secondary N) is 1. The van der Waals surface area contributed by atoms with Gasteiger partial charge < -0.3 is 15.0 Å². The smallest absolute Gasteiger partial charge is 0.264 e. The third kappa shape index (κ3) is 9.08. The van der Waals surface area contributed by atoms with Crippen LogP contribution in [0.15, 0.2) is 71.6 Å². The topological polar surface area (TPSA) is 96.0 Å². The van der Waals surface area contributed by atoms with E-state index in [0.717, 1.165) is 16.4 Å². The normalized spacial score (nSPS) is 12.4. The number of ether oxygens (including phenoxy) is 1. The van der Waals surface area contributed by atoms with Gasteiger partial charge in [0.15, 0.2) is 0 Å². The summed E-state index contributed by atoms with van der Waals surface area (Å²) in [6, 6.07) is 14.4. The molecule has 0 radical (unpaired) electrons. The maximum Gasteiger partial charge on any atom is 0.264 e. The second kappa shape index (κ2) is 14.4. The van der Waals surface area contributed by atoms with E-state index in [1.54, 1.807) is 26.0 Å². The van der Waals surface area contributed by atoms with E-state index in [0.29, 0.717) is 22.9 Å². The highest BCUT2D eigenvalue weighted by Gasteiger charge is 2.35. The fourth-order valence-electron chi connectivity index (χ4n) is 4.34. The molecule has 3 aromatic carbocycles. The lowest BCUT2D eigenvalue weighted by Gasteiger charge is -2.35. The zero-order chi connectivity index (χ0) is 31.9. The van der Waals surface area contributed by atoms with Gasteiger partial charge in [-0.05, 0) is 100 Å². The Hall–Kier alpha value is -3.34. The third-order valence-electron chi connectivity index (χ3n) is 6.36. The minimum atomic E-state index is -4.33. The number of benzene rings is 3. The van der Waals surface area contributed by atoms with Gasteiger partial charge in [-0.2, -0.15) is 0 Å². The van der Waals surface area contributed by atoms with Crippen LogP contribution in [0.25, 0.3) is 0 Å². The molecule has 0 heterocycles. The first-order valence-corrected chi connectivity index (χ1v) is 15.9. The van der Waals surface area contributed by atoms with Crippen LogP contribution in [0.4, 0.5) is 10.1 Å². The van der Waals surface area contributed by atoms with Gasteiger partial charge >= 0.3 is 0 Å². The van der Waals surface area contributed by atoms with Crippen LogP contribution in [-0.4, -0.2) is 49.9 Å². The second-order valence-electron chi connectivity index (χ2n) is 10.8. The molecular weight excluding hydrogens is 616 g/mol. The summed E-state index contributed by atoms with van der Waals surface area (Å²) >= 11 is 12.5. The van der Waals surface area contributed by atoms with Gasteiger partial charge in [-0.15, -0.1) is 0 Å². The summed E-state index contributed by atoms with van der Waals surface area (Å²) < 4.78 is 48.1. The molecule has 8 nitrogen and oxygen atoms in total. The SMILES string of the molecule is CCOc1ccc(S(=O)(=O)N(CC(=O)N(Cc2ccc(Cl)cc2Cl)[C@H](CC)C(=O)NC(C)(C)C)c2ccc(F)cc2)cc1. The fraction of sp³-hybridized carbons (Fsp3) is 0.355. The Morgan fingerprint density at radius 3 is 2.14 bits per heavy atom. The van der Waals surface area contributed by atoms with E-state index in [9.17, 15) is 22.4 Å². The summed E-state index contributed by atoms with van der Waals surface area (Å²) in [6.45, 7) is 8.65. The van der Waals surface area contributed by atoms with E-state index in [1.807, 2.05) is 20.8 Å². The Bertz CT molecular complexity index is 1530. The number of carbonyl (C=O) groups excluding carboxylic acids is 2. The van der Waals surface area contributed by atoms with Crippen molar-refractivity contribution in [1.29, 1.82) is 0 Å². The molecule has 232 valence electrons. The lowest BCUT2D eigenvalue weighted by atomic mass is 10.1. The molecule has 1 N–H and O–H groups in total. The molecule has 12 heteroatoms. The van der Waals surface area contributed by atoms with Crippen LogP contribution in [0.5, 0.6) is 5.75 Å². The van der Waals surface area contributed by atoms with Gasteiger partial charge in [0.2, 0.25) is 11.8 Å². The van der Waals surface area contributed by atoms with Crippen LogP contribution in [-0.2, 0) is 26.2 Å². The number of sulfonamides is 1. The van der Waals surface area contributed by atoms with Crippen LogP contribution in [0.1, 0.15) is 46.6 Å². The highest BCUT2D eigenvalue weighted by molar-refractivity contribution is 7.92. The highest BCUT2D eigenvalue weighted by Crippen LogP contribution is 2.28. The van der Waals surface area contributed by atoms with Crippen LogP contribution in [0, 0.1) is 5.82 Å². The van der Waals surface area contributed by atoms with Gasteiger partial charge in [0.05, 0.1) is 17.2 Å². The molecule has 2 amide bonds. The number of nitrogens with zero attached hydrogens (tertiary/aromatic N) is 2. The van der Waals surface area contributed by atoms with Gasteiger partial charge in [-0.1, -0.05) is 36.2 Å². The quantitative estimate of drug-likeness (QED) is 0.243. The molecule has 0 fully saturated rings. The van der Waals surface area contributed by atoms with Gasteiger partial charge in [-0.3, -0.25) is 13.9 Å². The standard InChI is InChI=1S/C31H36Cl2FN3O5S/c1-6-28(30(39)35-31(3,4)5)36(19-21-8-9-22(32)18-27(21)33)29(38)20-37(24-12-10-23(34)11-13-24)43(40,41)26-16-14-25(15-17-26)42-7-2/h8-18,28H,6-7,19-20H2,1-5H3,(H,35,39)/t28-/m1/s1. The number of rotatable bonds is 12. The predicted molar refractivity (Wildman–Crippen MR) is 168 cm³/mol. The summed E-state index contributed by atoms with van der Waals surface area (Å²) in [7, 11) is -4.33. The van der Waals surface area contributed by atoms with Gasteiger partial charge in [-0.25, -0.2) is 12.8 Å². The summed E-state index contributed by atoms with van der Waals surface area (Å²) in [4.78, 5) is 28.8. The first-order chi connectivity index (χ1) is 20.2. The maximum atomic E-state index is 14.1. The fourth-order valence-corrected chi connectivity index (χ4v) is 6.23. The molecule has 3 rings (SSSR count). The number of halogens is 3. The van der Waals surface area contributed by atoms with Crippen LogP contribution < -0.4 is 14.4 Å². The Balaban J connectivity index is 2.08. The average Bonchev–Trinajstić information content (AvgIpc) is 2.92. The molecule has 0 saturated heterocycles. The number of carbonyl (C=O) groups is 2. The summed E-state index contributed by atoms with van der Waals surface area (Å²) in [5, 5.41) is 3.59. The van der Waals surface area contributed by atoms with Crippen molar-refractivity contribution in [2.75, 3.05) is 17.5 Å². The lowest BCUT2D eigenvalue weighted by Crippen LogP contribution is -2.55. The van der Waals surface area contributed by atoms with Gasteiger partial charge in [0.1, 0.15) is 24.2 Å². The van der Waals surface area contributed by atoms with Crippen molar-refractivity contribution >= 4 is 50.7 Å². The molecule has 0 aliphatic carbocycles. The molecule has 0 aliphatic rings. The number of hydrogen-bond donors (Lipinski definition) is 1. The predicted octanol–water partition coefficient (Wildman–Crippen LogP) is 6.45. The molecule has 0 aromatic heterocycles. The monoisotopic (exact) mass is 651 g/mol. The summed E-state index contributed by atoms with van der Waals surface area (Å²) in [6.07, 6.45) is 0.237. The minimum absolute atomic E-state index is 0.0697. The molecule has 0 unspecified atom stereocenters. The Kier molecular flexibility index (Phi) is 11.5. The van der Waals surface area contributed by atoms with Crippen molar-refractivity contribution in [2.24, 2.45) is 0 Å². The second-order valence-corrected chi connectivity index (χ2v) is 13.5. The van der Waals surface area contributed by atoms with E-state index >= 15 is 0 Å². The van der Waals surface area contributed by atoms with E-state index in [2.05, 4.69) is 5.32 Å². The van der Waals surface area contributed by atoms with Crippen molar-refractivity contribution in [3.63, 3.8) is 0 Å². The van der Waals surface area contributed by atoms with Crippen molar-refractivity contribution in [3.05, 3.63) is 88.2 Å². The summed E-state index contributed by atoms with van der Waals surface area (Å²) in [5.74, 6) is -1.16. The molecule has 3 aromatic rings. The zero-order valence-corrected chi connectivity index (χ0v) is 27.1. The first kappa shape index (κ1) is 34.2. The molecular formula is C31H36Cl2FN3O5S. The van der Waals surface area contributed by atoms with Gasteiger partial charge in [0, 0.05) is 22.1 Å². The molecule has 0 aliphatic heterocycles. The van der Waals surface area contributed by atoms with Crippen LogP contribution >= 0.6 is 23.2 Å². The van der Waals surface area contributed by atoms with E-state index in [1.165, 1.54) is 47.4 Å². The molecule has 0 saturated carbocycles. The van der Waals surface area contributed by atoms with Crippen LogP contribution in [0.2, 0.25) is 10.0 Å². The Morgan fingerprint density at radius 2 is 1.60 bits per heavy atom. The molecule has 43 heavy (non-hydrogen) atoms. The molecule has 0 spiro atoms.